The van der Waals surface area contributed by atoms with Gasteiger partial charge in [0.25, 0.3) is 0 Å². The van der Waals surface area contributed by atoms with Crippen LogP contribution in [0.1, 0.15) is 35.7 Å². The largest absolute Gasteiger partial charge is 0.490 e. The summed E-state index contributed by atoms with van der Waals surface area (Å²) in [5.41, 5.74) is 1.26. The number of fused-ring (bicyclic) bond motifs is 1. The topological polar surface area (TPSA) is 98.9 Å². The Bertz CT molecular complexity index is 948. The smallest absolute Gasteiger partial charge is 0.475 e. The lowest BCUT2D eigenvalue weighted by molar-refractivity contribution is -0.193. The number of nitrogens with zero attached hydrogens (tertiary/aromatic N) is 4. The predicted octanol–water partition coefficient (Wildman–Crippen LogP) is 4.21. The number of hydrogen-bond donors (Lipinski definition) is 2. The van der Waals surface area contributed by atoms with Gasteiger partial charge in [0.2, 0.25) is 0 Å². The molecule has 15 heteroatoms. The fraction of sp³-hybridized carbons (Fsp3) is 0.571. The van der Waals surface area contributed by atoms with Crippen molar-refractivity contribution in [2.45, 2.75) is 57.8 Å². The van der Waals surface area contributed by atoms with Crippen LogP contribution in [0.2, 0.25) is 0 Å². The molecule has 1 fully saturated rings. The van der Waals surface area contributed by atoms with Gasteiger partial charge >= 0.3 is 24.3 Å². The van der Waals surface area contributed by atoms with Crippen molar-refractivity contribution >= 4 is 23.3 Å². The maximum Gasteiger partial charge on any atom is 0.490 e. The molecule has 0 unspecified atom stereocenters. The van der Waals surface area contributed by atoms with Gasteiger partial charge in [-0.25, -0.2) is 14.6 Å². The number of carboxylic acid groups (broad SMARTS) is 2. The number of aromatic nitrogens is 2. The third-order valence-electron chi connectivity index (χ3n) is 5.21. The Labute approximate surface area is 206 Å². The van der Waals surface area contributed by atoms with Crippen molar-refractivity contribution in [1.82, 2.24) is 19.4 Å². The van der Waals surface area contributed by atoms with Crippen LogP contribution < -0.4 is 0 Å². The molecule has 4 heterocycles. The third kappa shape index (κ3) is 10.1. The summed E-state index contributed by atoms with van der Waals surface area (Å²) in [6.07, 6.45) is -3.79. The van der Waals surface area contributed by atoms with Crippen LogP contribution in [0.25, 0.3) is 0 Å². The number of likely N-dealkylation sites (tertiary alicyclic amines) is 1. The maximum atomic E-state index is 10.6. The van der Waals surface area contributed by atoms with Gasteiger partial charge in [-0.2, -0.15) is 26.3 Å². The molecule has 0 saturated carbocycles. The van der Waals surface area contributed by atoms with Crippen LogP contribution in [0.3, 0.4) is 0 Å². The molecule has 202 valence electrons. The van der Waals surface area contributed by atoms with Gasteiger partial charge in [0, 0.05) is 37.3 Å². The number of aliphatic carboxylic acids is 2. The van der Waals surface area contributed by atoms with Gasteiger partial charge in [-0.1, -0.05) is 12.5 Å². The van der Waals surface area contributed by atoms with E-state index in [9.17, 15) is 26.3 Å². The van der Waals surface area contributed by atoms with Gasteiger partial charge in [-0.3, -0.25) is 9.80 Å². The second-order valence-electron chi connectivity index (χ2n) is 8.07. The highest BCUT2D eigenvalue weighted by atomic mass is 32.1. The van der Waals surface area contributed by atoms with E-state index in [1.807, 2.05) is 11.3 Å². The highest BCUT2D eigenvalue weighted by Gasteiger charge is 2.38. The summed E-state index contributed by atoms with van der Waals surface area (Å²) in [7, 11) is 0. The SMILES string of the molecule is O=C(O)C(F)(F)F.O=C(O)C(F)(F)F.c1csc(CN2CCn3cc(CN4CCCCC4)nc3C2)c1. The summed E-state index contributed by atoms with van der Waals surface area (Å²) in [4.78, 5) is 29.2. The number of imidazole rings is 1. The summed E-state index contributed by atoms with van der Waals surface area (Å²) < 4.78 is 65.8. The molecule has 2 aromatic rings. The minimum absolute atomic E-state index is 0.984. The average molecular weight is 545 g/mol. The van der Waals surface area contributed by atoms with Crippen LogP contribution in [0.15, 0.2) is 23.7 Å². The first-order valence-corrected chi connectivity index (χ1v) is 11.8. The number of carboxylic acids is 2. The molecule has 2 N–H and O–H groups in total. The second-order valence-corrected chi connectivity index (χ2v) is 9.11. The maximum absolute atomic E-state index is 10.6. The van der Waals surface area contributed by atoms with Gasteiger partial charge in [0.1, 0.15) is 5.82 Å². The molecule has 0 aliphatic carbocycles. The molecular formula is C21H26F6N4O4S. The summed E-state index contributed by atoms with van der Waals surface area (Å²) in [5.74, 6) is -4.27. The minimum Gasteiger partial charge on any atom is -0.475 e. The van der Waals surface area contributed by atoms with Crippen molar-refractivity contribution in [1.29, 1.82) is 0 Å². The van der Waals surface area contributed by atoms with Crippen molar-refractivity contribution in [2.24, 2.45) is 0 Å². The number of thiophene rings is 1. The lowest BCUT2D eigenvalue weighted by Crippen LogP contribution is -2.32. The summed E-state index contributed by atoms with van der Waals surface area (Å²) >= 11 is 1.85. The third-order valence-corrected chi connectivity index (χ3v) is 6.07. The molecule has 0 amide bonds. The van der Waals surface area contributed by atoms with Crippen molar-refractivity contribution in [3.8, 4) is 0 Å². The van der Waals surface area contributed by atoms with Crippen LogP contribution in [0.5, 0.6) is 0 Å². The molecule has 0 spiro atoms. The van der Waals surface area contributed by atoms with Crippen LogP contribution in [0, 0.1) is 0 Å². The lowest BCUT2D eigenvalue weighted by Gasteiger charge is -2.26. The Morgan fingerprint density at radius 1 is 0.889 bits per heavy atom. The highest BCUT2D eigenvalue weighted by molar-refractivity contribution is 7.09. The molecule has 2 aliphatic rings. The number of rotatable bonds is 4. The van der Waals surface area contributed by atoms with Gasteiger partial charge in [-0.15, -0.1) is 11.3 Å². The minimum atomic E-state index is -5.08. The standard InChI is InChI=1S/C17H24N4S.2C2HF3O2/c1-2-6-19(7-3-1)11-15-12-21-9-8-20(14-17(21)18-15)13-16-5-4-10-22-16;2*3-2(4,5)1(6)7/h4-5,10,12H,1-3,6-9,11,13-14H2;2*(H,6,7). The number of hydrogen-bond acceptors (Lipinski definition) is 6. The molecule has 36 heavy (non-hydrogen) atoms. The molecule has 4 rings (SSSR count). The molecule has 0 atom stereocenters. The van der Waals surface area contributed by atoms with E-state index in [-0.39, 0.29) is 0 Å². The van der Waals surface area contributed by atoms with Crippen LogP contribution in [-0.4, -0.2) is 73.5 Å². The zero-order chi connectivity index (χ0) is 26.9. The zero-order valence-electron chi connectivity index (χ0n) is 19.1. The van der Waals surface area contributed by atoms with E-state index in [4.69, 9.17) is 24.8 Å². The van der Waals surface area contributed by atoms with E-state index < -0.39 is 24.3 Å². The zero-order valence-corrected chi connectivity index (χ0v) is 19.9. The van der Waals surface area contributed by atoms with Gasteiger partial charge in [0.05, 0.1) is 12.2 Å². The Balaban J connectivity index is 0.000000271. The van der Waals surface area contributed by atoms with Crippen molar-refractivity contribution in [3.05, 3.63) is 40.1 Å². The summed E-state index contributed by atoms with van der Waals surface area (Å²) in [6, 6.07) is 4.37. The number of alkyl halides is 6. The van der Waals surface area contributed by atoms with E-state index in [2.05, 4.69) is 38.1 Å². The van der Waals surface area contributed by atoms with Crippen molar-refractivity contribution in [2.75, 3.05) is 19.6 Å². The molecule has 2 aliphatic heterocycles. The first kappa shape index (κ1) is 29.6. The van der Waals surface area contributed by atoms with E-state index >= 15 is 0 Å². The fourth-order valence-electron chi connectivity index (χ4n) is 3.54. The van der Waals surface area contributed by atoms with E-state index in [0.717, 1.165) is 32.7 Å². The predicted molar refractivity (Wildman–Crippen MR) is 117 cm³/mol. The van der Waals surface area contributed by atoms with Crippen LogP contribution in [0.4, 0.5) is 26.3 Å². The number of carbonyl (C=O) groups is 2. The molecule has 1 saturated heterocycles. The summed E-state index contributed by atoms with van der Waals surface area (Å²) in [6.45, 7) is 7.77. The molecule has 0 radical (unpaired) electrons. The fourth-order valence-corrected chi connectivity index (χ4v) is 4.29. The average Bonchev–Trinajstić information content (AvgIpc) is 3.43. The Morgan fingerprint density at radius 2 is 1.47 bits per heavy atom. The molecule has 8 nitrogen and oxygen atoms in total. The Hall–Kier alpha value is -2.65. The van der Waals surface area contributed by atoms with E-state index in [1.165, 1.54) is 48.7 Å². The van der Waals surface area contributed by atoms with E-state index in [0.29, 0.717) is 0 Å². The highest BCUT2D eigenvalue weighted by Crippen LogP contribution is 2.19. The van der Waals surface area contributed by atoms with Crippen LogP contribution in [-0.2, 0) is 35.8 Å². The van der Waals surface area contributed by atoms with Crippen molar-refractivity contribution in [3.63, 3.8) is 0 Å². The van der Waals surface area contributed by atoms with Gasteiger partial charge in [0.15, 0.2) is 0 Å². The van der Waals surface area contributed by atoms with E-state index in [1.54, 1.807) is 0 Å². The molecule has 0 aromatic carbocycles. The quantitative estimate of drug-likeness (QED) is 0.557. The van der Waals surface area contributed by atoms with Gasteiger partial charge < -0.3 is 14.8 Å². The molecular weight excluding hydrogens is 518 g/mol. The lowest BCUT2D eigenvalue weighted by atomic mass is 10.1. The summed E-state index contributed by atoms with van der Waals surface area (Å²) in [5, 5.41) is 16.4. The first-order chi connectivity index (χ1) is 16.8. The monoisotopic (exact) mass is 544 g/mol. The normalized spacial score (nSPS) is 16.7. The first-order valence-electron chi connectivity index (χ1n) is 10.9. The molecule has 0 bridgehead atoms. The Kier molecular flexibility index (Phi) is 10.7. The van der Waals surface area contributed by atoms with Crippen LogP contribution >= 0.6 is 11.3 Å². The second kappa shape index (κ2) is 13.1. The van der Waals surface area contributed by atoms with Crippen molar-refractivity contribution < 1.29 is 46.1 Å². The van der Waals surface area contributed by atoms with Gasteiger partial charge in [-0.05, 0) is 37.4 Å². The Morgan fingerprint density at radius 3 is 1.97 bits per heavy atom. The molecule has 2 aromatic heterocycles. The number of piperidine rings is 1. The number of halogens is 6.